The normalized spacial score (nSPS) is 28.2. The Morgan fingerprint density at radius 1 is 1.09 bits per heavy atom. The van der Waals surface area contributed by atoms with Crippen molar-refractivity contribution in [3.8, 4) is 0 Å². The van der Waals surface area contributed by atoms with Gasteiger partial charge in [0, 0.05) is 25.7 Å². The summed E-state index contributed by atoms with van der Waals surface area (Å²) in [5, 5.41) is 15.0. The predicted octanol–water partition coefficient (Wildman–Crippen LogP) is 7.18. The minimum absolute atomic E-state index is 0.0679. The van der Waals surface area contributed by atoms with Crippen LogP contribution in [0, 0.1) is 33.3 Å². The molecule has 1 N–H and O–H groups in total. The van der Waals surface area contributed by atoms with Crippen LogP contribution in [0.2, 0.25) is 0 Å². The van der Waals surface area contributed by atoms with E-state index < -0.39 is 17.5 Å². The lowest BCUT2D eigenvalue weighted by Gasteiger charge is -2.55. The maximum Gasteiger partial charge on any atom is 0.338 e. The third-order valence-corrected chi connectivity index (χ3v) is 10.8. The van der Waals surface area contributed by atoms with Gasteiger partial charge in [0.05, 0.1) is 10.5 Å². The predicted molar refractivity (Wildman–Crippen MR) is 173 cm³/mol. The van der Waals surface area contributed by atoms with Gasteiger partial charge >= 0.3 is 5.97 Å². The molecule has 1 saturated heterocycles. The average molecular weight is 604 g/mol. The lowest BCUT2D eigenvalue weighted by molar-refractivity contribution is -0.384. The molecule has 1 amide bonds. The van der Waals surface area contributed by atoms with Crippen molar-refractivity contribution in [2.45, 2.75) is 91.4 Å². The van der Waals surface area contributed by atoms with E-state index in [1.165, 1.54) is 22.8 Å². The SMILES string of the molecule is CC1CC(C)CN(c2ccc(C(=O)OCC(=O)NCC3(C)CCCC4(C)c5ccc(C(C)C)cc5CCC34)cc2[N+](=O)[O-])C1. The molecule has 1 saturated carbocycles. The van der Waals surface area contributed by atoms with Crippen molar-refractivity contribution < 1.29 is 19.2 Å². The van der Waals surface area contributed by atoms with Gasteiger partial charge in [-0.05, 0) is 95.4 Å². The standard InChI is InChI=1S/C36H49N3O5/c1-23(2)26-8-11-29-27(17-26)10-13-32-35(5,14-7-15-36(29,32)6)22-37-33(40)21-44-34(41)28-9-12-30(31(18-28)39(42)43)38-19-24(3)16-25(4)20-38/h8-9,11-12,17-18,23-25,32H,7,10,13-16,19-22H2,1-6H3,(H,37,40). The molecule has 0 spiro atoms. The quantitative estimate of drug-likeness (QED) is 0.195. The Balaban J connectivity index is 1.20. The van der Waals surface area contributed by atoms with Gasteiger partial charge in [0.1, 0.15) is 5.69 Å². The zero-order chi connectivity index (χ0) is 31.8. The largest absolute Gasteiger partial charge is 0.452 e. The number of piperidine rings is 1. The Bertz CT molecular complexity index is 1410. The minimum Gasteiger partial charge on any atom is -0.452 e. The summed E-state index contributed by atoms with van der Waals surface area (Å²) in [5.41, 5.74) is 4.80. The number of aryl methyl sites for hydroxylation is 1. The smallest absolute Gasteiger partial charge is 0.338 e. The Morgan fingerprint density at radius 3 is 2.50 bits per heavy atom. The number of rotatable bonds is 8. The number of benzene rings is 2. The third kappa shape index (κ3) is 6.36. The fraction of sp³-hybridized carbons (Fsp3) is 0.611. The van der Waals surface area contributed by atoms with E-state index in [4.69, 9.17) is 4.74 Å². The molecular formula is C36H49N3O5. The van der Waals surface area contributed by atoms with E-state index in [2.05, 4.69) is 65.1 Å². The Kier molecular flexibility index (Phi) is 9.11. The molecule has 44 heavy (non-hydrogen) atoms. The number of nitrogens with zero attached hydrogens (tertiary/aromatic N) is 2. The van der Waals surface area contributed by atoms with E-state index in [0.29, 0.717) is 35.9 Å². The topological polar surface area (TPSA) is 102 Å². The van der Waals surface area contributed by atoms with Crippen molar-refractivity contribution in [1.82, 2.24) is 5.32 Å². The second-order valence-corrected chi connectivity index (χ2v) is 14.8. The highest BCUT2D eigenvalue weighted by Crippen LogP contribution is 2.57. The third-order valence-electron chi connectivity index (χ3n) is 10.8. The van der Waals surface area contributed by atoms with Crippen LogP contribution in [0.4, 0.5) is 11.4 Å². The molecule has 2 aromatic rings. The summed E-state index contributed by atoms with van der Waals surface area (Å²) in [6.45, 7) is 15.0. The average Bonchev–Trinajstić information content (AvgIpc) is 2.97. The zero-order valence-corrected chi connectivity index (χ0v) is 27.3. The number of fused-ring (bicyclic) bond motifs is 3. The summed E-state index contributed by atoms with van der Waals surface area (Å²) in [7, 11) is 0. The molecule has 2 aliphatic carbocycles. The molecule has 0 radical (unpaired) electrons. The first-order chi connectivity index (χ1) is 20.8. The number of amides is 1. The van der Waals surface area contributed by atoms with Crippen LogP contribution in [0.3, 0.4) is 0 Å². The molecule has 1 aliphatic heterocycles. The van der Waals surface area contributed by atoms with Crippen LogP contribution < -0.4 is 10.2 Å². The maximum absolute atomic E-state index is 12.9. The monoisotopic (exact) mass is 603 g/mol. The van der Waals surface area contributed by atoms with E-state index in [-0.39, 0.29) is 28.0 Å². The fourth-order valence-electron chi connectivity index (χ4n) is 8.70. The first-order valence-electron chi connectivity index (χ1n) is 16.4. The fourth-order valence-corrected chi connectivity index (χ4v) is 8.70. The Labute approximate surface area is 262 Å². The molecule has 0 aromatic heterocycles. The Hall–Kier alpha value is -3.42. The van der Waals surface area contributed by atoms with Gasteiger partial charge in [-0.3, -0.25) is 14.9 Å². The lowest BCUT2D eigenvalue weighted by atomic mass is 9.49. The van der Waals surface area contributed by atoms with Crippen molar-refractivity contribution in [1.29, 1.82) is 0 Å². The molecule has 8 heteroatoms. The number of anilines is 1. The van der Waals surface area contributed by atoms with E-state index in [1.807, 2.05) is 4.90 Å². The van der Waals surface area contributed by atoms with Crippen molar-refractivity contribution in [3.63, 3.8) is 0 Å². The second-order valence-electron chi connectivity index (χ2n) is 14.8. The second kappa shape index (κ2) is 12.5. The van der Waals surface area contributed by atoms with Crippen LogP contribution in [-0.2, 0) is 21.4 Å². The van der Waals surface area contributed by atoms with Crippen LogP contribution in [0.15, 0.2) is 36.4 Å². The van der Waals surface area contributed by atoms with Crippen molar-refractivity contribution in [3.05, 3.63) is 68.8 Å². The molecule has 3 aliphatic rings. The molecule has 5 rings (SSSR count). The van der Waals surface area contributed by atoms with Crippen LogP contribution in [-0.4, -0.2) is 43.0 Å². The van der Waals surface area contributed by atoms with Crippen LogP contribution in [0.5, 0.6) is 0 Å². The molecule has 5 unspecified atom stereocenters. The molecule has 0 bridgehead atoms. The van der Waals surface area contributed by atoms with Gasteiger partial charge in [0.15, 0.2) is 6.61 Å². The molecule has 238 valence electrons. The molecule has 2 aromatic carbocycles. The van der Waals surface area contributed by atoms with Gasteiger partial charge < -0.3 is 15.0 Å². The van der Waals surface area contributed by atoms with Gasteiger partial charge in [0.2, 0.25) is 0 Å². The number of carbonyl (C=O) groups is 2. The summed E-state index contributed by atoms with van der Waals surface area (Å²) >= 11 is 0. The summed E-state index contributed by atoms with van der Waals surface area (Å²) in [6, 6.07) is 11.5. The summed E-state index contributed by atoms with van der Waals surface area (Å²) in [4.78, 5) is 39.3. The highest BCUT2D eigenvalue weighted by molar-refractivity contribution is 5.93. The minimum atomic E-state index is -0.740. The maximum atomic E-state index is 12.9. The number of ether oxygens (including phenoxy) is 1. The zero-order valence-electron chi connectivity index (χ0n) is 27.3. The summed E-state index contributed by atoms with van der Waals surface area (Å²) < 4.78 is 5.33. The van der Waals surface area contributed by atoms with E-state index in [1.54, 1.807) is 12.1 Å². The van der Waals surface area contributed by atoms with Crippen molar-refractivity contribution in [2.24, 2.45) is 23.2 Å². The number of esters is 1. The number of nitro groups is 1. The number of nitro benzene ring substituents is 1. The first kappa shape index (κ1) is 32.0. The summed E-state index contributed by atoms with van der Waals surface area (Å²) in [5.74, 6) is 0.710. The Morgan fingerprint density at radius 2 is 1.82 bits per heavy atom. The van der Waals surface area contributed by atoms with Crippen LogP contribution in [0.25, 0.3) is 0 Å². The van der Waals surface area contributed by atoms with E-state index in [9.17, 15) is 19.7 Å². The van der Waals surface area contributed by atoms with E-state index in [0.717, 1.165) is 51.6 Å². The number of carbonyl (C=O) groups excluding carboxylic acids is 2. The van der Waals surface area contributed by atoms with Crippen molar-refractivity contribution >= 4 is 23.3 Å². The first-order valence-corrected chi connectivity index (χ1v) is 16.4. The molecule has 8 nitrogen and oxygen atoms in total. The highest BCUT2D eigenvalue weighted by Gasteiger charge is 2.51. The number of hydrogen-bond donors (Lipinski definition) is 1. The molecular weight excluding hydrogens is 554 g/mol. The van der Waals surface area contributed by atoms with Crippen LogP contribution >= 0.6 is 0 Å². The molecule has 1 heterocycles. The molecule has 5 atom stereocenters. The lowest BCUT2D eigenvalue weighted by Crippen LogP contribution is -2.53. The van der Waals surface area contributed by atoms with Crippen molar-refractivity contribution in [2.75, 3.05) is 31.1 Å². The summed E-state index contributed by atoms with van der Waals surface area (Å²) in [6.07, 6.45) is 6.52. The van der Waals surface area contributed by atoms with Gasteiger partial charge in [-0.15, -0.1) is 0 Å². The van der Waals surface area contributed by atoms with Gasteiger partial charge in [-0.1, -0.05) is 66.2 Å². The van der Waals surface area contributed by atoms with Gasteiger partial charge in [-0.25, -0.2) is 4.79 Å². The molecule has 2 fully saturated rings. The number of hydrogen-bond acceptors (Lipinski definition) is 6. The highest BCUT2D eigenvalue weighted by atomic mass is 16.6. The van der Waals surface area contributed by atoms with Gasteiger partial charge in [-0.2, -0.15) is 0 Å². The van der Waals surface area contributed by atoms with Crippen LogP contribution in [0.1, 0.15) is 107 Å². The van der Waals surface area contributed by atoms with E-state index >= 15 is 0 Å². The van der Waals surface area contributed by atoms with Gasteiger partial charge in [0.25, 0.3) is 11.6 Å². The number of nitrogens with one attached hydrogen (secondary N) is 1.